The Bertz CT molecular complexity index is 432. The maximum atomic E-state index is 6.53. The lowest BCUT2D eigenvalue weighted by molar-refractivity contribution is -0.0736. The molecule has 3 atom stereocenters. The Kier molecular flexibility index (Phi) is 4.16. The van der Waals surface area contributed by atoms with Crippen molar-refractivity contribution < 1.29 is 9.47 Å². The van der Waals surface area contributed by atoms with Gasteiger partial charge >= 0.3 is 0 Å². The molecule has 0 radical (unpaired) electrons. The Morgan fingerprint density at radius 3 is 2.84 bits per heavy atom. The van der Waals surface area contributed by atoms with Gasteiger partial charge in [0.15, 0.2) is 5.75 Å². The summed E-state index contributed by atoms with van der Waals surface area (Å²) in [5.74, 6) is 1.38. The third-order valence-corrected chi connectivity index (χ3v) is 4.43. The molecule has 19 heavy (non-hydrogen) atoms. The van der Waals surface area contributed by atoms with Crippen LogP contribution in [0.5, 0.6) is 5.75 Å². The number of hydrogen-bond acceptors (Lipinski definition) is 4. The Labute approximate surface area is 115 Å². The van der Waals surface area contributed by atoms with E-state index < -0.39 is 0 Å². The molecule has 1 aromatic rings. The minimum atomic E-state index is -0.307. The predicted molar refractivity (Wildman–Crippen MR) is 74.1 cm³/mol. The summed E-state index contributed by atoms with van der Waals surface area (Å²) >= 11 is 0. The molecule has 0 saturated heterocycles. The zero-order valence-electron chi connectivity index (χ0n) is 12.3. The fourth-order valence-electron chi connectivity index (χ4n) is 3.33. The van der Waals surface area contributed by atoms with Crippen molar-refractivity contribution in [1.29, 1.82) is 0 Å². The normalized spacial score (nSPS) is 29.2. The highest BCUT2D eigenvalue weighted by atomic mass is 16.5. The maximum Gasteiger partial charge on any atom is 0.161 e. The molecule has 1 aromatic heterocycles. The van der Waals surface area contributed by atoms with E-state index in [9.17, 15) is 0 Å². The molecule has 2 N–H and O–H groups in total. The molecular formula is C14H25N3O2. The Morgan fingerprint density at radius 2 is 2.26 bits per heavy atom. The number of aryl methyl sites for hydroxylation is 1. The Morgan fingerprint density at radius 1 is 1.53 bits per heavy atom. The van der Waals surface area contributed by atoms with Crippen molar-refractivity contribution in [2.24, 2.45) is 18.7 Å². The van der Waals surface area contributed by atoms with E-state index in [0.717, 1.165) is 30.7 Å². The molecule has 0 aromatic carbocycles. The van der Waals surface area contributed by atoms with Gasteiger partial charge in [-0.15, -0.1) is 0 Å². The van der Waals surface area contributed by atoms with Gasteiger partial charge in [-0.25, -0.2) is 0 Å². The number of aromatic nitrogens is 2. The number of methoxy groups -OCH3 is 2. The first-order valence-corrected chi connectivity index (χ1v) is 6.90. The van der Waals surface area contributed by atoms with Crippen molar-refractivity contribution in [2.45, 2.75) is 44.2 Å². The third-order valence-electron chi connectivity index (χ3n) is 4.43. The molecule has 108 valence electrons. The third kappa shape index (κ3) is 2.49. The first kappa shape index (κ1) is 14.3. The second-order valence-electron chi connectivity index (χ2n) is 5.67. The quantitative estimate of drug-likeness (QED) is 0.906. The van der Waals surface area contributed by atoms with Crippen LogP contribution in [0.25, 0.3) is 0 Å². The molecule has 1 saturated carbocycles. The second-order valence-corrected chi connectivity index (χ2v) is 5.67. The van der Waals surface area contributed by atoms with E-state index in [4.69, 9.17) is 15.2 Å². The van der Waals surface area contributed by atoms with Crippen molar-refractivity contribution >= 4 is 0 Å². The molecule has 0 amide bonds. The number of nitrogens with zero attached hydrogens (tertiary/aromatic N) is 2. The lowest BCUT2D eigenvalue weighted by Crippen LogP contribution is -2.47. The second kappa shape index (κ2) is 5.51. The number of hydrogen-bond donors (Lipinski definition) is 1. The van der Waals surface area contributed by atoms with Crippen molar-refractivity contribution in [2.75, 3.05) is 14.2 Å². The highest BCUT2D eigenvalue weighted by molar-refractivity contribution is 5.30. The van der Waals surface area contributed by atoms with Crippen molar-refractivity contribution in [3.8, 4) is 5.75 Å². The van der Waals surface area contributed by atoms with Gasteiger partial charge in [0.05, 0.1) is 30.6 Å². The zero-order chi connectivity index (χ0) is 14.0. The topological polar surface area (TPSA) is 62.3 Å². The van der Waals surface area contributed by atoms with Gasteiger partial charge < -0.3 is 15.2 Å². The monoisotopic (exact) mass is 267 g/mol. The summed E-state index contributed by atoms with van der Waals surface area (Å²) in [7, 11) is 5.31. The highest BCUT2D eigenvalue weighted by Gasteiger charge is 2.43. The molecule has 5 nitrogen and oxygen atoms in total. The largest absolute Gasteiger partial charge is 0.493 e. The van der Waals surface area contributed by atoms with Gasteiger partial charge in [0, 0.05) is 14.2 Å². The van der Waals surface area contributed by atoms with E-state index in [1.807, 2.05) is 7.05 Å². The molecule has 0 aliphatic heterocycles. The van der Waals surface area contributed by atoms with Crippen LogP contribution in [0.1, 0.15) is 44.3 Å². The first-order valence-electron chi connectivity index (χ1n) is 6.90. The first-order chi connectivity index (χ1) is 9.04. The van der Waals surface area contributed by atoms with Gasteiger partial charge in [0.2, 0.25) is 0 Å². The van der Waals surface area contributed by atoms with Crippen molar-refractivity contribution in [3.05, 3.63) is 11.9 Å². The van der Waals surface area contributed by atoms with Crippen molar-refractivity contribution in [3.63, 3.8) is 0 Å². The van der Waals surface area contributed by atoms with Crippen LogP contribution in [0.2, 0.25) is 0 Å². The molecule has 3 unspecified atom stereocenters. The fourth-order valence-corrected chi connectivity index (χ4v) is 3.33. The summed E-state index contributed by atoms with van der Waals surface area (Å²) in [5.41, 5.74) is 7.14. The van der Waals surface area contributed by atoms with Crippen LogP contribution in [-0.2, 0) is 11.8 Å². The SMILES string of the molecule is COc1cnn(C)c1C(N)C1(OC)CCCC(C)C1. The van der Waals surface area contributed by atoms with Crippen LogP contribution in [0.3, 0.4) is 0 Å². The van der Waals surface area contributed by atoms with E-state index >= 15 is 0 Å². The standard InChI is InChI=1S/C14H25N3O2/c1-10-6-5-7-14(8-10,19-4)13(15)12-11(18-3)9-16-17(12)2/h9-10,13H,5-8,15H2,1-4H3. The van der Waals surface area contributed by atoms with Gasteiger partial charge in [-0.1, -0.05) is 19.8 Å². The van der Waals surface area contributed by atoms with Crippen LogP contribution >= 0.6 is 0 Å². The molecule has 5 heteroatoms. The average Bonchev–Trinajstić information content (AvgIpc) is 2.78. The van der Waals surface area contributed by atoms with Gasteiger partial charge in [-0.2, -0.15) is 5.10 Å². The number of ether oxygens (including phenoxy) is 2. The van der Waals surface area contributed by atoms with E-state index in [-0.39, 0.29) is 11.6 Å². The van der Waals surface area contributed by atoms with E-state index in [1.54, 1.807) is 25.1 Å². The summed E-state index contributed by atoms with van der Waals surface area (Å²) in [5, 5.41) is 4.24. The van der Waals surface area contributed by atoms with E-state index in [0.29, 0.717) is 5.92 Å². The van der Waals surface area contributed by atoms with Crippen LogP contribution in [0.4, 0.5) is 0 Å². The van der Waals surface area contributed by atoms with Crippen molar-refractivity contribution in [1.82, 2.24) is 9.78 Å². The molecule has 0 bridgehead atoms. The zero-order valence-corrected chi connectivity index (χ0v) is 12.3. The molecular weight excluding hydrogens is 242 g/mol. The summed E-state index contributed by atoms with van der Waals surface area (Å²) in [4.78, 5) is 0. The van der Waals surface area contributed by atoms with Crippen LogP contribution in [0, 0.1) is 5.92 Å². The Hall–Kier alpha value is -1.07. The predicted octanol–water partition coefficient (Wildman–Crippen LogP) is 2.02. The van der Waals surface area contributed by atoms with Gasteiger partial charge in [-0.05, 0) is 18.8 Å². The molecule has 0 spiro atoms. The lowest BCUT2D eigenvalue weighted by atomic mass is 9.74. The molecule has 2 rings (SSSR count). The summed E-state index contributed by atoms with van der Waals surface area (Å²) < 4.78 is 13.0. The molecule has 1 fully saturated rings. The molecule has 1 aliphatic rings. The molecule has 1 aliphatic carbocycles. The van der Waals surface area contributed by atoms with E-state index in [2.05, 4.69) is 12.0 Å². The van der Waals surface area contributed by atoms with Crippen LogP contribution < -0.4 is 10.5 Å². The minimum Gasteiger partial charge on any atom is -0.493 e. The van der Waals surface area contributed by atoms with Crippen LogP contribution in [-0.4, -0.2) is 29.6 Å². The summed E-state index contributed by atoms with van der Waals surface area (Å²) in [6.07, 6.45) is 6.09. The van der Waals surface area contributed by atoms with Gasteiger partial charge in [0.1, 0.15) is 0 Å². The van der Waals surface area contributed by atoms with Gasteiger partial charge in [0.25, 0.3) is 0 Å². The number of rotatable bonds is 4. The maximum absolute atomic E-state index is 6.53. The van der Waals surface area contributed by atoms with Gasteiger partial charge in [-0.3, -0.25) is 4.68 Å². The molecule has 1 heterocycles. The summed E-state index contributed by atoms with van der Waals surface area (Å²) in [6, 6.07) is -0.220. The minimum absolute atomic E-state index is 0.220. The Balaban J connectivity index is 2.34. The van der Waals surface area contributed by atoms with E-state index in [1.165, 1.54) is 6.42 Å². The summed E-state index contributed by atoms with van der Waals surface area (Å²) in [6.45, 7) is 2.26. The highest BCUT2D eigenvalue weighted by Crippen LogP contribution is 2.43. The smallest absolute Gasteiger partial charge is 0.161 e. The average molecular weight is 267 g/mol. The fraction of sp³-hybridized carbons (Fsp3) is 0.786. The van der Waals surface area contributed by atoms with Crippen LogP contribution in [0.15, 0.2) is 6.20 Å². The lowest BCUT2D eigenvalue weighted by Gasteiger charge is -2.43. The number of nitrogens with two attached hydrogens (primary N) is 1.